The van der Waals surface area contributed by atoms with E-state index in [0.29, 0.717) is 0 Å². The van der Waals surface area contributed by atoms with E-state index in [0.717, 1.165) is 25.9 Å². The summed E-state index contributed by atoms with van der Waals surface area (Å²) in [4.78, 5) is 2.46. The van der Waals surface area contributed by atoms with Gasteiger partial charge in [-0.1, -0.05) is 42.5 Å². The largest absolute Gasteiger partial charge is 0.367 e. The van der Waals surface area contributed by atoms with Gasteiger partial charge in [0.15, 0.2) is 0 Å². The Balaban J connectivity index is 1.89. The molecule has 1 aliphatic heterocycles. The lowest BCUT2D eigenvalue weighted by Gasteiger charge is -2.31. The first kappa shape index (κ1) is 12.0. The summed E-state index contributed by atoms with van der Waals surface area (Å²) in [6, 6.07) is 17.3. The lowest BCUT2D eigenvalue weighted by molar-refractivity contribution is 0.726. The Hall–Kier alpha value is -2.02. The van der Waals surface area contributed by atoms with E-state index in [9.17, 15) is 0 Å². The summed E-state index contributed by atoms with van der Waals surface area (Å²) in [6.45, 7) is 5.98. The third-order valence-electron chi connectivity index (χ3n) is 3.85. The lowest BCUT2D eigenvalue weighted by atomic mass is 9.93. The normalized spacial score (nSPS) is 14.0. The van der Waals surface area contributed by atoms with Crippen LogP contribution >= 0.6 is 0 Å². The van der Waals surface area contributed by atoms with Crippen LogP contribution in [0, 0.1) is 0 Å². The van der Waals surface area contributed by atoms with E-state index in [1.54, 1.807) is 0 Å². The van der Waals surface area contributed by atoms with Crippen LogP contribution in [-0.4, -0.2) is 6.54 Å². The summed E-state index contributed by atoms with van der Waals surface area (Å²) >= 11 is 0. The van der Waals surface area contributed by atoms with E-state index in [1.165, 1.54) is 22.4 Å². The van der Waals surface area contributed by atoms with Gasteiger partial charge in [-0.2, -0.15) is 0 Å². The van der Waals surface area contributed by atoms with Crippen molar-refractivity contribution in [3.63, 3.8) is 0 Å². The molecule has 96 valence electrons. The number of hydrogen-bond donors (Lipinski definition) is 0. The molecular formula is C18H19N. The van der Waals surface area contributed by atoms with Crippen molar-refractivity contribution in [3.8, 4) is 0 Å². The molecular weight excluding hydrogens is 230 g/mol. The van der Waals surface area contributed by atoms with Crippen molar-refractivity contribution >= 4 is 5.69 Å². The Labute approximate surface area is 115 Å². The van der Waals surface area contributed by atoms with Crippen LogP contribution < -0.4 is 4.90 Å². The average Bonchev–Trinajstić information content (AvgIpc) is 2.48. The van der Waals surface area contributed by atoms with Crippen molar-refractivity contribution in [2.45, 2.75) is 19.4 Å². The summed E-state index contributed by atoms with van der Waals surface area (Å²) < 4.78 is 0. The number of anilines is 1. The van der Waals surface area contributed by atoms with Crippen LogP contribution in [0.4, 0.5) is 5.69 Å². The maximum Gasteiger partial charge on any atom is 0.0432 e. The predicted octanol–water partition coefficient (Wildman–Crippen LogP) is 3.98. The van der Waals surface area contributed by atoms with Crippen molar-refractivity contribution in [2.24, 2.45) is 0 Å². The highest BCUT2D eigenvalue weighted by molar-refractivity contribution is 5.50. The highest BCUT2D eigenvalue weighted by Crippen LogP contribution is 2.26. The number of allylic oxidation sites excluding steroid dienone is 1. The van der Waals surface area contributed by atoms with Gasteiger partial charge in [0.25, 0.3) is 0 Å². The zero-order chi connectivity index (χ0) is 13.1. The second-order valence-electron chi connectivity index (χ2n) is 5.05. The first-order valence-corrected chi connectivity index (χ1v) is 6.89. The van der Waals surface area contributed by atoms with Crippen LogP contribution in [-0.2, 0) is 19.4 Å². The van der Waals surface area contributed by atoms with E-state index < -0.39 is 0 Å². The molecule has 0 fully saturated rings. The summed E-state index contributed by atoms with van der Waals surface area (Å²) in [6.07, 6.45) is 4.11. The van der Waals surface area contributed by atoms with Crippen molar-refractivity contribution < 1.29 is 0 Å². The van der Waals surface area contributed by atoms with E-state index in [1.807, 2.05) is 6.08 Å². The van der Waals surface area contributed by atoms with E-state index >= 15 is 0 Å². The number of hydrogen-bond acceptors (Lipinski definition) is 1. The van der Waals surface area contributed by atoms with Crippen LogP contribution in [0.2, 0.25) is 0 Å². The molecule has 2 aromatic rings. The Morgan fingerprint density at radius 3 is 2.68 bits per heavy atom. The van der Waals surface area contributed by atoms with Crippen LogP contribution in [0.25, 0.3) is 0 Å². The molecule has 0 radical (unpaired) electrons. The second kappa shape index (κ2) is 5.31. The van der Waals surface area contributed by atoms with Gasteiger partial charge in [0, 0.05) is 18.8 Å². The molecule has 3 rings (SSSR count). The first-order valence-electron chi connectivity index (χ1n) is 6.89. The lowest BCUT2D eigenvalue weighted by Crippen LogP contribution is -2.30. The Bertz CT molecular complexity index is 571. The summed E-state index contributed by atoms with van der Waals surface area (Å²) in [7, 11) is 0. The van der Waals surface area contributed by atoms with Crippen LogP contribution in [0.3, 0.4) is 0 Å². The monoisotopic (exact) mass is 249 g/mol. The van der Waals surface area contributed by atoms with E-state index in [4.69, 9.17) is 0 Å². The molecule has 1 aliphatic rings. The molecule has 0 N–H and O–H groups in total. The topological polar surface area (TPSA) is 3.24 Å². The molecule has 0 aliphatic carbocycles. The Morgan fingerprint density at radius 1 is 1.05 bits per heavy atom. The highest BCUT2D eigenvalue weighted by Gasteiger charge is 2.18. The molecule has 19 heavy (non-hydrogen) atoms. The quantitative estimate of drug-likeness (QED) is 0.744. The van der Waals surface area contributed by atoms with E-state index in [-0.39, 0.29) is 0 Å². The fourth-order valence-electron chi connectivity index (χ4n) is 2.89. The molecule has 0 bridgehead atoms. The maximum absolute atomic E-state index is 3.86. The SMILES string of the molecule is C=CCc1cccc2c1CCN(c1ccccc1)C2. The van der Waals surface area contributed by atoms with Gasteiger partial charge >= 0.3 is 0 Å². The van der Waals surface area contributed by atoms with Gasteiger partial charge in [-0.3, -0.25) is 0 Å². The van der Waals surface area contributed by atoms with Gasteiger partial charge in [0.2, 0.25) is 0 Å². The van der Waals surface area contributed by atoms with E-state index in [2.05, 4.69) is 60.0 Å². The van der Waals surface area contributed by atoms with Gasteiger partial charge in [0.1, 0.15) is 0 Å². The second-order valence-corrected chi connectivity index (χ2v) is 5.05. The minimum absolute atomic E-state index is 0.981. The number of nitrogens with zero attached hydrogens (tertiary/aromatic N) is 1. The molecule has 0 unspecified atom stereocenters. The number of para-hydroxylation sites is 1. The van der Waals surface area contributed by atoms with Crippen molar-refractivity contribution in [1.29, 1.82) is 0 Å². The average molecular weight is 249 g/mol. The molecule has 1 nitrogen and oxygen atoms in total. The van der Waals surface area contributed by atoms with Gasteiger partial charge in [0.05, 0.1) is 0 Å². The Kier molecular flexibility index (Phi) is 3.37. The van der Waals surface area contributed by atoms with Gasteiger partial charge in [-0.15, -0.1) is 6.58 Å². The molecule has 1 heteroatoms. The fraction of sp³-hybridized carbons (Fsp3) is 0.222. The summed E-state index contributed by atoms with van der Waals surface area (Å²) in [5, 5.41) is 0. The minimum Gasteiger partial charge on any atom is -0.367 e. The third-order valence-corrected chi connectivity index (χ3v) is 3.85. The predicted molar refractivity (Wildman–Crippen MR) is 81.5 cm³/mol. The van der Waals surface area contributed by atoms with Gasteiger partial charge in [-0.25, -0.2) is 0 Å². The highest BCUT2D eigenvalue weighted by atomic mass is 15.1. The van der Waals surface area contributed by atoms with Crippen molar-refractivity contribution in [1.82, 2.24) is 0 Å². The molecule has 0 aromatic heterocycles. The van der Waals surface area contributed by atoms with Crippen molar-refractivity contribution in [2.75, 3.05) is 11.4 Å². The molecule has 0 atom stereocenters. The van der Waals surface area contributed by atoms with Gasteiger partial charge in [-0.05, 0) is 41.7 Å². The molecule has 2 aromatic carbocycles. The van der Waals surface area contributed by atoms with Crippen LogP contribution in [0.5, 0.6) is 0 Å². The zero-order valence-corrected chi connectivity index (χ0v) is 11.2. The smallest absolute Gasteiger partial charge is 0.0432 e. The van der Waals surface area contributed by atoms with Crippen molar-refractivity contribution in [3.05, 3.63) is 77.9 Å². The first-order chi connectivity index (χ1) is 9.38. The molecule has 0 saturated carbocycles. The summed E-state index contributed by atoms with van der Waals surface area (Å²) in [5.41, 5.74) is 5.77. The Morgan fingerprint density at radius 2 is 1.89 bits per heavy atom. The summed E-state index contributed by atoms with van der Waals surface area (Å²) in [5.74, 6) is 0. The zero-order valence-electron chi connectivity index (χ0n) is 11.2. The minimum atomic E-state index is 0.981. The number of rotatable bonds is 3. The standard InChI is InChI=1S/C18H19N/c1-2-7-15-8-6-9-16-14-19(13-12-18(15)16)17-10-4-3-5-11-17/h2-6,8-11H,1,7,12-14H2. The maximum atomic E-state index is 3.86. The third kappa shape index (κ3) is 2.41. The van der Waals surface area contributed by atoms with Crippen LogP contribution in [0.15, 0.2) is 61.2 Å². The number of fused-ring (bicyclic) bond motifs is 1. The molecule has 0 amide bonds. The molecule has 0 saturated heterocycles. The van der Waals surface area contributed by atoms with Crippen LogP contribution in [0.1, 0.15) is 16.7 Å². The van der Waals surface area contributed by atoms with Gasteiger partial charge < -0.3 is 4.90 Å². The number of benzene rings is 2. The molecule has 1 heterocycles. The molecule has 0 spiro atoms. The fourth-order valence-corrected chi connectivity index (χ4v) is 2.89.